The molecule has 1 fully saturated rings. The lowest BCUT2D eigenvalue weighted by atomic mass is 9.98. The van der Waals surface area contributed by atoms with Gasteiger partial charge in [0.1, 0.15) is 13.2 Å². The van der Waals surface area contributed by atoms with Crippen LogP contribution in [0, 0.1) is 5.92 Å². The number of aromatic nitrogens is 2. The second-order valence-electron chi connectivity index (χ2n) is 7.09. The van der Waals surface area contributed by atoms with Crippen molar-refractivity contribution < 1.29 is 22.7 Å². The lowest BCUT2D eigenvalue weighted by Gasteiger charge is -2.30. The zero-order valence-electron chi connectivity index (χ0n) is 16.2. The predicted molar refractivity (Wildman–Crippen MR) is 105 cm³/mol. The number of imidazole rings is 1. The maximum absolute atomic E-state index is 12.9. The number of rotatable bonds is 5. The molecular weight excluding hydrogens is 396 g/mol. The molecule has 9 nitrogen and oxygen atoms in total. The van der Waals surface area contributed by atoms with Crippen molar-refractivity contribution in [2.45, 2.75) is 31.3 Å². The molecule has 29 heavy (non-hydrogen) atoms. The smallest absolute Gasteiger partial charge is 0.262 e. The molecule has 1 aromatic carbocycles. The van der Waals surface area contributed by atoms with Crippen LogP contribution in [0.5, 0.6) is 11.5 Å². The number of nitrogens with zero attached hydrogens (tertiary/aromatic N) is 3. The van der Waals surface area contributed by atoms with Gasteiger partial charge < -0.3 is 19.4 Å². The molecule has 1 aromatic heterocycles. The van der Waals surface area contributed by atoms with Crippen molar-refractivity contribution in [2.75, 3.05) is 31.6 Å². The van der Waals surface area contributed by atoms with Gasteiger partial charge in [0, 0.05) is 37.6 Å². The van der Waals surface area contributed by atoms with Gasteiger partial charge in [-0.3, -0.25) is 4.79 Å². The predicted octanol–water partition coefficient (Wildman–Crippen LogP) is 1.71. The summed E-state index contributed by atoms with van der Waals surface area (Å²) in [6.45, 7) is 4.04. The molecule has 3 heterocycles. The summed E-state index contributed by atoms with van der Waals surface area (Å²) in [6.07, 6.45) is 4.27. The summed E-state index contributed by atoms with van der Waals surface area (Å²) in [7, 11) is -3.72. The van der Waals surface area contributed by atoms with E-state index in [1.54, 1.807) is 22.8 Å². The Morgan fingerprint density at radius 3 is 2.83 bits per heavy atom. The van der Waals surface area contributed by atoms with Gasteiger partial charge >= 0.3 is 0 Å². The molecule has 1 atom stereocenters. The van der Waals surface area contributed by atoms with Crippen LogP contribution in [0.3, 0.4) is 0 Å². The summed E-state index contributed by atoms with van der Waals surface area (Å²) in [5, 5.41) is 2.89. The third kappa shape index (κ3) is 4.08. The first kappa shape index (κ1) is 19.7. The number of aryl methyl sites for hydroxylation is 1. The Labute approximate surface area is 169 Å². The minimum atomic E-state index is -3.72. The Morgan fingerprint density at radius 2 is 2.07 bits per heavy atom. The standard InChI is InChI=1S/C19H24N4O5S/c1-2-22-12-18(20-13-22)29(25,26)23-7-3-4-14(11-23)19(24)21-15-5-6-16-17(10-15)28-9-8-27-16/h5-6,10,12-14H,2-4,7-9,11H2,1H3,(H,21,24)/t14-/m0/s1. The molecule has 2 aliphatic heterocycles. The molecule has 1 saturated heterocycles. The highest BCUT2D eigenvalue weighted by Crippen LogP contribution is 2.33. The highest BCUT2D eigenvalue weighted by molar-refractivity contribution is 7.89. The Kier molecular flexibility index (Phi) is 5.46. The van der Waals surface area contributed by atoms with E-state index in [2.05, 4.69) is 10.3 Å². The first-order valence-electron chi connectivity index (χ1n) is 9.70. The van der Waals surface area contributed by atoms with Gasteiger partial charge in [-0.25, -0.2) is 13.4 Å². The van der Waals surface area contributed by atoms with Gasteiger partial charge in [0.2, 0.25) is 5.91 Å². The Morgan fingerprint density at radius 1 is 1.28 bits per heavy atom. The highest BCUT2D eigenvalue weighted by Gasteiger charge is 2.34. The molecular formula is C19H24N4O5S. The van der Waals surface area contributed by atoms with Gasteiger partial charge in [0.15, 0.2) is 16.5 Å². The van der Waals surface area contributed by atoms with Gasteiger partial charge in [-0.15, -0.1) is 0 Å². The van der Waals surface area contributed by atoms with Crippen molar-refractivity contribution in [1.29, 1.82) is 0 Å². The average molecular weight is 420 g/mol. The fraction of sp³-hybridized carbons (Fsp3) is 0.474. The third-order valence-corrected chi connectivity index (χ3v) is 6.89. The average Bonchev–Trinajstić information content (AvgIpc) is 3.24. The van der Waals surface area contributed by atoms with Gasteiger partial charge in [0.05, 0.1) is 12.2 Å². The maximum Gasteiger partial charge on any atom is 0.262 e. The molecule has 0 aliphatic carbocycles. The van der Waals surface area contributed by atoms with Gasteiger partial charge in [-0.1, -0.05) is 0 Å². The summed E-state index contributed by atoms with van der Waals surface area (Å²) in [5.74, 6) is 0.602. The van der Waals surface area contributed by atoms with Crippen LogP contribution in [-0.2, 0) is 21.4 Å². The summed E-state index contributed by atoms with van der Waals surface area (Å²) < 4.78 is 39.9. The molecule has 0 bridgehead atoms. The summed E-state index contributed by atoms with van der Waals surface area (Å²) in [4.78, 5) is 16.8. The summed E-state index contributed by atoms with van der Waals surface area (Å²) >= 11 is 0. The quantitative estimate of drug-likeness (QED) is 0.790. The van der Waals surface area contributed by atoms with Crippen molar-refractivity contribution in [1.82, 2.24) is 13.9 Å². The van der Waals surface area contributed by atoms with E-state index in [-0.39, 0.29) is 17.5 Å². The zero-order valence-corrected chi connectivity index (χ0v) is 17.0. The van der Waals surface area contributed by atoms with E-state index in [0.717, 1.165) is 0 Å². The van der Waals surface area contributed by atoms with Crippen LogP contribution >= 0.6 is 0 Å². The lowest BCUT2D eigenvalue weighted by Crippen LogP contribution is -2.43. The van der Waals surface area contributed by atoms with Gasteiger partial charge in [-0.05, 0) is 31.9 Å². The van der Waals surface area contributed by atoms with E-state index in [9.17, 15) is 13.2 Å². The van der Waals surface area contributed by atoms with Crippen molar-refractivity contribution in [3.63, 3.8) is 0 Å². The van der Waals surface area contributed by atoms with E-state index in [1.165, 1.54) is 16.8 Å². The van der Waals surface area contributed by atoms with Crippen LogP contribution in [0.25, 0.3) is 0 Å². The molecule has 10 heteroatoms. The molecule has 0 unspecified atom stereocenters. The van der Waals surface area contributed by atoms with E-state index in [1.807, 2.05) is 6.92 Å². The third-order valence-electron chi connectivity index (χ3n) is 5.14. The first-order chi connectivity index (χ1) is 14.0. The van der Waals surface area contributed by atoms with Crippen LogP contribution in [-0.4, -0.2) is 54.5 Å². The highest BCUT2D eigenvalue weighted by atomic mass is 32.2. The number of amides is 1. The molecule has 0 spiro atoms. The molecule has 0 radical (unpaired) electrons. The second kappa shape index (κ2) is 8.03. The number of ether oxygens (including phenoxy) is 2. The monoisotopic (exact) mass is 420 g/mol. The van der Waals surface area contributed by atoms with Crippen LogP contribution in [0.15, 0.2) is 35.7 Å². The maximum atomic E-state index is 12.9. The number of hydrogen-bond donors (Lipinski definition) is 1. The minimum absolute atomic E-state index is 0.0206. The summed E-state index contributed by atoms with van der Waals surface area (Å²) in [5.41, 5.74) is 0.598. The molecule has 2 aromatic rings. The number of piperidine rings is 1. The van der Waals surface area contributed by atoms with Crippen LogP contribution in [0.2, 0.25) is 0 Å². The van der Waals surface area contributed by atoms with E-state index in [0.29, 0.717) is 56.3 Å². The van der Waals surface area contributed by atoms with E-state index < -0.39 is 15.9 Å². The van der Waals surface area contributed by atoms with Crippen LogP contribution in [0.4, 0.5) is 5.69 Å². The Bertz CT molecular complexity index is 1000. The number of nitrogens with one attached hydrogen (secondary N) is 1. The number of sulfonamides is 1. The second-order valence-corrected chi connectivity index (χ2v) is 8.98. The molecule has 0 saturated carbocycles. The zero-order chi connectivity index (χ0) is 20.4. The van der Waals surface area contributed by atoms with Crippen molar-refractivity contribution >= 4 is 21.6 Å². The largest absolute Gasteiger partial charge is 0.486 e. The molecule has 2 aliphatic rings. The van der Waals surface area contributed by atoms with E-state index >= 15 is 0 Å². The topological polar surface area (TPSA) is 103 Å². The number of anilines is 1. The Hall–Kier alpha value is -2.59. The number of carbonyl (C=O) groups excluding carboxylic acids is 1. The molecule has 4 rings (SSSR count). The fourth-order valence-corrected chi connectivity index (χ4v) is 4.98. The number of hydrogen-bond acceptors (Lipinski definition) is 6. The van der Waals surface area contributed by atoms with Crippen LogP contribution < -0.4 is 14.8 Å². The Balaban J connectivity index is 1.44. The van der Waals surface area contributed by atoms with Crippen molar-refractivity contribution in [3.8, 4) is 11.5 Å². The lowest BCUT2D eigenvalue weighted by molar-refractivity contribution is -0.120. The van der Waals surface area contributed by atoms with Gasteiger partial charge in [-0.2, -0.15) is 4.31 Å². The number of carbonyl (C=O) groups is 1. The number of fused-ring (bicyclic) bond motifs is 1. The van der Waals surface area contributed by atoms with Crippen molar-refractivity contribution in [3.05, 3.63) is 30.7 Å². The normalized spacial score (nSPS) is 19.7. The first-order valence-corrected chi connectivity index (χ1v) is 11.1. The number of benzene rings is 1. The molecule has 1 N–H and O–H groups in total. The molecule has 156 valence electrons. The molecule has 1 amide bonds. The summed E-state index contributed by atoms with van der Waals surface area (Å²) in [6, 6.07) is 5.23. The van der Waals surface area contributed by atoms with Gasteiger partial charge in [0.25, 0.3) is 10.0 Å². The van der Waals surface area contributed by atoms with E-state index in [4.69, 9.17) is 9.47 Å². The van der Waals surface area contributed by atoms with Crippen LogP contribution in [0.1, 0.15) is 19.8 Å². The van der Waals surface area contributed by atoms with Crippen molar-refractivity contribution in [2.24, 2.45) is 5.92 Å². The SMILES string of the molecule is CCn1cnc(S(=O)(=O)N2CCC[C@H](C(=O)Nc3ccc4c(c3)OCCO4)C2)c1. The minimum Gasteiger partial charge on any atom is -0.486 e. The fourth-order valence-electron chi connectivity index (χ4n) is 3.52.